The first-order valence-corrected chi connectivity index (χ1v) is 4.61. The van der Waals surface area contributed by atoms with Crippen LogP contribution in [0, 0.1) is 11.8 Å². The van der Waals surface area contributed by atoms with Crippen molar-refractivity contribution in [1.82, 2.24) is 0 Å². The first-order valence-electron chi connectivity index (χ1n) is 3.74. The van der Waals surface area contributed by atoms with Crippen molar-refractivity contribution in [2.75, 3.05) is 0 Å². The van der Waals surface area contributed by atoms with Crippen LogP contribution in [0.2, 0.25) is 0 Å². The molecule has 0 radical (unpaired) electrons. The summed E-state index contributed by atoms with van der Waals surface area (Å²) >= 11 is 12.1. The lowest BCUT2D eigenvalue weighted by Gasteiger charge is -2.37. The fourth-order valence-electron chi connectivity index (χ4n) is 1.85. The van der Waals surface area contributed by atoms with E-state index in [-0.39, 0.29) is 0 Å². The third-order valence-electron chi connectivity index (χ3n) is 2.53. The molecule has 0 saturated heterocycles. The van der Waals surface area contributed by atoms with Gasteiger partial charge < -0.3 is 0 Å². The van der Waals surface area contributed by atoms with Gasteiger partial charge in [-0.25, -0.2) is 0 Å². The molecule has 0 N–H and O–H groups in total. The number of hydrogen-bond acceptors (Lipinski definition) is 0. The standard InChI is InChI=1S/C8H10Cl2/c9-7-4-6-2-1-5(7)3-8(6)10/h1-2,5-8H,3-4H2. The summed E-state index contributed by atoms with van der Waals surface area (Å²) in [5, 5.41) is 0.704. The molecule has 10 heavy (non-hydrogen) atoms. The van der Waals surface area contributed by atoms with Crippen molar-refractivity contribution in [2.45, 2.75) is 23.6 Å². The van der Waals surface area contributed by atoms with Crippen LogP contribution in [-0.2, 0) is 0 Å². The number of fused-ring (bicyclic) bond motifs is 2. The zero-order valence-electron chi connectivity index (χ0n) is 5.63. The summed E-state index contributed by atoms with van der Waals surface area (Å²) in [6, 6.07) is 0. The van der Waals surface area contributed by atoms with Crippen LogP contribution in [0.3, 0.4) is 0 Å². The Morgan fingerprint density at radius 2 is 1.30 bits per heavy atom. The van der Waals surface area contributed by atoms with Gasteiger partial charge in [-0.15, -0.1) is 23.2 Å². The molecule has 2 heteroatoms. The van der Waals surface area contributed by atoms with E-state index in [0.29, 0.717) is 22.6 Å². The third kappa shape index (κ3) is 0.981. The van der Waals surface area contributed by atoms with Crippen LogP contribution in [0.25, 0.3) is 0 Å². The Morgan fingerprint density at radius 1 is 0.900 bits per heavy atom. The minimum atomic E-state index is 0.352. The number of allylic oxidation sites excluding steroid dienone is 2. The molecule has 4 unspecified atom stereocenters. The first kappa shape index (κ1) is 7.00. The van der Waals surface area contributed by atoms with Gasteiger partial charge in [-0.2, -0.15) is 0 Å². The molecule has 1 saturated carbocycles. The Balaban J connectivity index is 2.20. The Bertz CT molecular complexity index is 147. The van der Waals surface area contributed by atoms with Gasteiger partial charge in [-0.3, -0.25) is 0 Å². The minimum absolute atomic E-state index is 0.352. The zero-order valence-corrected chi connectivity index (χ0v) is 7.15. The van der Waals surface area contributed by atoms with Crippen molar-refractivity contribution in [3.63, 3.8) is 0 Å². The monoisotopic (exact) mass is 176 g/mol. The number of hydrogen-bond donors (Lipinski definition) is 0. The molecule has 0 aliphatic heterocycles. The number of rotatable bonds is 0. The van der Waals surface area contributed by atoms with Crippen LogP contribution in [0.15, 0.2) is 12.2 Å². The van der Waals surface area contributed by atoms with E-state index in [4.69, 9.17) is 23.2 Å². The second-order valence-corrected chi connectivity index (χ2v) is 4.34. The van der Waals surface area contributed by atoms with Crippen molar-refractivity contribution >= 4 is 23.2 Å². The van der Waals surface area contributed by atoms with E-state index in [2.05, 4.69) is 12.2 Å². The largest absolute Gasteiger partial charge is 0.122 e. The molecular formula is C8H10Cl2. The fraction of sp³-hybridized carbons (Fsp3) is 0.750. The van der Waals surface area contributed by atoms with Crippen LogP contribution in [0.4, 0.5) is 0 Å². The molecule has 0 amide bonds. The van der Waals surface area contributed by atoms with Crippen molar-refractivity contribution in [3.05, 3.63) is 12.2 Å². The predicted molar refractivity (Wildman–Crippen MR) is 44.6 cm³/mol. The predicted octanol–water partition coefficient (Wildman–Crippen LogP) is 2.80. The highest BCUT2D eigenvalue weighted by Gasteiger charge is 2.36. The number of alkyl halides is 2. The molecule has 1 fully saturated rings. The van der Waals surface area contributed by atoms with Crippen LogP contribution < -0.4 is 0 Å². The SMILES string of the molecule is ClC1CC2C=CC1CC2Cl. The molecule has 0 nitrogen and oxygen atoms in total. The van der Waals surface area contributed by atoms with Gasteiger partial charge in [0.2, 0.25) is 0 Å². The third-order valence-corrected chi connectivity index (χ3v) is 3.53. The Labute approximate surface area is 71.2 Å². The van der Waals surface area contributed by atoms with Gasteiger partial charge in [0.25, 0.3) is 0 Å². The molecule has 0 aromatic carbocycles. The molecule has 0 spiro atoms. The first-order chi connectivity index (χ1) is 4.77. The van der Waals surface area contributed by atoms with Gasteiger partial charge in [0.05, 0.1) is 0 Å². The fourth-order valence-corrected chi connectivity index (χ4v) is 2.63. The van der Waals surface area contributed by atoms with Crippen LogP contribution in [0.1, 0.15) is 12.8 Å². The molecule has 0 heterocycles. The maximum Gasteiger partial charge on any atom is 0.0405 e. The van der Waals surface area contributed by atoms with E-state index in [0.717, 1.165) is 12.8 Å². The average Bonchev–Trinajstić information content (AvgIpc) is 1.91. The summed E-state index contributed by atoms with van der Waals surface area (Å²) in [4.78, 5) is 0. The molecule has 4 atom stereocenters. The van der Waals surface area contributed by atoms with E-state index < -0.39 is 0 Å². The lowest BCUT2D eigenvalue weighted by molar-refractivity contribution is 0.342. The van der Waals surface area contributed by atoms with Gasteiger partial charge in [-0.1, -0.05) is 12.2 Å². The summed E-state index contributed by atoms with van der Waals surface area (Å²) in [5.41, 5.74) is 0. The van der Waals surface area contributed by atoms with Gasteiger partial charge in [0.15, 0.2) is 0 Å². The summed E-state index contributed by atoms with van der Waals surface area (Å²) in [6.07, 6.45) is 6.61. The van der Waals surface area contributed by atoms with Gasteiger partial charge >= 0.3 is 0 Å². The highest BCUT2D eigenvalue weighted by Crippen LogP contribution is 2.41. The highest BCUT2D eigenvalue weighted by molar-refractivity contribution is 6.23. The molecule has 0 aromatic rings. The van der Waals surface area contributed by atoms with Crippen molar-refractivity contribution in [3.8, 4) is 0 Å². The smallest absolute Gasteiger partial charge is 0.0405 e. The minimum Gasteiger partial charge on any atom is -0.122 e. The second kappa shape index (κ2) is 2.42. The lowest BCUT2D eigenvalue weighted by atomic mass is 9.75. The Morgan fingerprint density at radius 3 is 1.50 bits per heavy atom. The molecule has 56 valence electrons. The van der Waals surface area contributed by atoms with E-state index in [1.165, 1.54) is 0 Å². The average molecular weight is 177 g/mol. The van der Waals surface area contributed by atoms with Crippen molar-refractivity contribution < 1.29 is 0 Å². The quantitative estimate of drug-likeness (QED) is 0.394. The van der Waals surface area contributed by atoms with E-state index >= 15 is 0 Å². The Kier molecular flexibility index (Phi) is 1.69. The summed E-state index contributed by atoms with van der Waals surface area (Å²) in [5.74, 6) is 1.10. The van der Waals surface area contributed by atoms with E-state index in [1.54, 1.807) is 0 Å². The maximum atomic E-state index is 6.07. The van der Waals surface area contributed by atoms with Crippen LogP contribution in [0.5, 0.6) is 0 Å². The van der Waals surface area contributed by atoms with Crippen LogP contribution in [-0.4, -0.2) is 10.8 Å². The highest BCUT2D eigenvalue weighted by atomic mass is 35.5. The molecule has 3 aliphatic rings. The van der Waals surface area contributed by atoms with Gasteiger partial charge in [-0.05, 0) is 24.7 Å². The lowest BCUT2D eigenvalue weighted by Crippen LogP contribution is -2.35. The molecule has 2 bridgehead atoms. The normalized spacial score (nSPS) is 51.8. The molecular weight excluding hydrogens is 167 g/mol. The topological polar surface area (TPSA) is 0 Å². The number of halogens is 2. The maximum absolute atomic E-state index is 6.07. The van der Waals surface area contributed by atoms with E-state index in [9.17, 15) is 0 Å². The van der Waals surface area contributed by atoms with E-state index in [1.807, 2.05) is 0 Å². The van der Waals surface area contributed by atoms with Gasteiger partial charge in [0.1, 0.15) is 0 Å². The van der Waals surface area contributed by atoms with Crippen LogP contribution >= 0.6 is 23.2 Å². The summed E-state index contributed by atoms with van der Waals surface area (Å²) in [7, 11) is 0. The second-order valence-electron chi connectivity index (χ2n) is 3.22. The Hall–Kier alpha value is 0.320. The van der Waals surface area contributed by atoms with Crippen molar-refractivity contribution in [1.29, 1.82) is 0 Å². The molecule has 3 rings (SSSR count). The summed E-state index contributed by atoms with van der Waals surface area (Å²) in [6.45, 7) is 0. The zero-order chi connectivity index (χ0) is 7.14. The van der Waals surface area contributed by atoms with Crippen molar-refractivity contribution in [2.24, 2.45) is 11.8 Å². The van der Waals surface area contributed by atoms with Gasteiger partial charge in [0, 0.05) is 10.8 Å². The molecule has 0 aromatic heterocycles. The molecule has 3 aliphatic carbocycles. The summed E-state index contributed by atoms with van der Waals surface area (Å²) < 4.78 is 0.